The highest BCUT2D eigenvalue weighted by molar-refractivity contribution is 6.31. The van der Waals surface area contributed by atoms with Crippen molar-refractivity contribution in [1.82, 2.24) is 15.2 Å². The number of hydrogen-bond acceptors (Lipinski definition) is 3. The maximum Gasteiger partial charge on any atom is 0.227 e. The van der Waals surface area contributed by atoms with Crippen LogP contribution in [0.1, 0.15) is 36.2 Å². The number of piperidine rings is 1. The molecule has 0 bridgehead atoms. The summed E-state index contributed by atoms with van der Waals surface area (Å²) in [7, 11) is 0. The number of rotatable bonds is 5. The van der Waals surface area contributed by atoms with Crippen LogP contribution in [-0.4, -0.2) is 34.8 Å². The van der Waals surface area contributed by atoms with Crippen molar-refractivity contribution in [3.63, 3.8) is 0 Å². The van der Waals surface area contributed by atoms with Gasteiger partial charge in [-0.25, -0.2) is 4.39 Å². The van der Waals surface area contributed by atoms with E-state index >= 15 is 0 Å². The molecule has 2 aromatic rings. The van der Waals surface area contributed by atoms with Gasteiger partial charge in [-0.2, -0.15) is 0 Å². The summed E-state index contributed by atoms with van der Waals surface area (Å²) < 4.78 is 14.0. The number of halogens is 2. The van der Waals surface area contributed by atoms with Crippen molar-refractivity contribution in [3.8, 4) is 0 Å². The number of aromatic nitrogens is 1. The van der Waals surface area contributed by atoms with E-state index < -0.39 is 5.82 Å². The molecule has 2 fully saturated rings. The van der Waals surface area contributed by atoms with Crippen LogP contribution in [0.2, 0.25) is 5.02 Å². The van der Waals surface area contributed by atoms with E-state index in [0.29, 0.717) is 19.6 Å². The average molecular weight is 430 g/mol. The van der Waals surface area contributed by atoms with Crippen LogP contribution in [-0.2, 0) is 22.6 Å². The first-order valence-electron chi connectivity index (χ1n) is 10.3. The van der Waals surface area contributed by atoms with Gasteiger partial charge in [-0.15, -0.1) is 0 Å². The van der Waals surface area contributed by atoms with Crippen molar-refractivity contribution in [2.75, 3.05) is 13.1 Å². The fourth-order valence-electron chi connectivity index (χ4n) is 4.44. The van der Waals surface area contributed by atoms with Crippen LogP contribution in [0.4, 0.5) is 4.39 Å². The van der Waals surface area contributed by atoms with E-state index in [1.165, 1.54) is 12.1 Å². The second-order valence-corrected chi connectivity index (χ2v) is 8.77. The number of benzene rings is 1. The smallest absolute Gasteiger partial charge is 0.227 e. The highest BCUT2D eigenvalue weighted by Crippen LogP contribution is 2.59. The second kappa shape index (κ2) is 8.34. The lowest BCUT2D eigenvalue weighted by atomic mass is 9.90. The molecule has 1 saturated heterocycles. The van der Waals surface area contributed by atoms with Crippen molar-refractivity contribution >= 4 is 23.4 Å². The Balaban J connectivity index is 1.27. The summed E-state index contributed by atoms with van der Waals surface area (Å²) >= 11 is 6.04. The minimum Gasteiger partial charge on any atom is -0.350 e. The van der Waals surface area contributed by atoms with E-state index in [1.807, 2.05) is 25.1 Å². The number of amides is 2. The van der Waals surface area contributed by atoms with Crippen molar-refractivity contribution in [2.24, 2.45) is 11.3 Å². The third kappa shape index (κ3) is 4.33. The summed E-state index contributed by atoms with van der Waals surface area (Å²) in [6, 6.07) is 10.2. The summed E-state index contributed by atoms with van der Waals surface area (Å²) in [6.07, 6.45) is 2.42. The van der Waals surface area contributed by atoms with E-state index in [9.17, 15) is 14.0 Å². The Morgan fingerprint density at radius 2 is 1.97 bits per heavy atom. The van der Waals surface area contributed by atoms with Gasteiger partial charge >= 0.3 is 0 Å². The molecule has 1 N–H and O–H groups in total. The molecule has 1 saturated carbocycles. The lowest BCUT2D eigenvalue weighted by molar-refractivity contribution is -0.132. The van der Waals surface area contributed by atoms with Crippen molar-refractivity contribution < 1.29 is 14.0 Å². The van der Waals surface area contributed by atoms with E-state index in [4.69, 9.17) is 11.6 Å². The normalized spacial score (nSPS) is 19.6. The van der Waals surface area contributed by atoms with Crippen LogP contribution >= 0.6 is 11.6 Å². The van der Waals surface area contributed by atoms with Gasteiger partial charge in [0, 0.05) is 35.3 Å². The summed E-state index contributed by atoms with van der Waals surface area (Å²) in [5.41, 5.74) is 2.03. The second-order valence-electron chi connectivity index (χ2n) is 8.36. The van der Waals surface area contributed by atoms with Gasteiger partial charge in [0.05, 0.1) is 18.7 Å². The van der Waals surface area contributed by atoms with E-state index in [2.05, 4.69) is 10.3 Å². The maximum absolute atomic E-state index is 14.0. The molecule has 2 amide bonds. The zero-order chi connectivity index (χ0) is 21.3. The summed E-state index contributed by atoms with van der Waals surface area (Å²) in [5.74, 6) is -0.507. The Kier molecular flexibility index (Phi) is 5.78. The number of nitrogens with zero attached hydrogens (tertiary/aromatic N) is 2. The Morgan fingerprint density at radius 1 is 1.23 bits per heavy atom. The maximum atomic E-state index is 14.0. The molecule has 5 nitrogen and oxygen atoms in total. The first-order chi connectivity index (χ1) is 14.4. The zero-order valence-corrected chi connectivity index (χ0v) is 17.7. The molecule has 1 spiro atoms. The number of likely N-dealkylation sites (tertiary alicyclic amines) is 1. The standard InChI is InChI=1S/C23H25ClFN3O2/c1-15-4-2-5-16(27-15)14-26-22(30)18-13-23(18)8-10-28(11-9-23)21(29)12-17-19(24)6-3-7-20(17)25/h2-7,18H,8-14H2,1H3,(H,26,30). The van der Waals surface area contributed by atoms with E-state index in [0.717, 1.165) is 30.7 Å². The summed E-state index contributed by atoms with van der Waals surface area (Å²) in [4.78, 5) is 31.4. The fraction of sp³-hybridized carbons (Fsp3) is 0.435. The molecule has 2 heterocycles. The van der Waals surface area contributed by atoms with Gasteiger partial charge in [0.15, 0.2) is 0 Å². The molecule has 1 aliphatic heterocycles. The Bertz CT molecular complexity index is 952. The van der Waals surface area contributed by atoms with E-state index in [-0.39, 0.29) is 40.2 Å². The molecule has 1 aromatic carbocycles. The monoisotopic (exact) mass is 429 g/mol. The van der Waals surface area contributed by atoms with Crippen molar-refractivity contribution in [3.05, 3.63) is 64.2 Å². The van der Waals surface area contributed by atoms with Gasteiger partial charge in [0.1, 0.15) is 5.82 Å². The number of carbonyl (C=O) groups is 2. The molecule has 1 aliphatic carbocycles. The zero-order valence-electron chi connectivity index (χ0n) is 17.0. The minimum atomic E-state index is -0.452. The average Bonchev–Trinajstić information content (AvgIpc) is 3.43. The summed E-state index contributed by atoms with van der Waals surface area (Å²) in [6.45, 7) is 3.54. The molecule has 1 unspecified atom stereocenters. The first-order valence-corrected chi connectivity index (χ1v) is 10.7. The largest absolute Gasteiger partial charge is 0.350 e. The Morgan fingerprint density at radius 3 is 2.67 bits per heavy atom. The number of carbonyl (C=O) groups excluding carboxylic acids is 2. The van der Waals surface area contributed by atoms with Crippen LogP contribution in [0.25, 0.3) is 0 Å². The Hall–Kier alpha value is -2.47. The van der Waals surface area contributed by atoms with Gasteiger partial charge in [0.25, 0.3) is 0 Å². The van der Waals surface area contributed by atoms with Crippen LogP contribution in [0.3, 0.4) is 0 Å². The van der Waals surface area contributed by atoms with Gasteiger partial charge in [-0.05, 0) is 55.9 Å². The highest BCUT2D eigenvalue weighted by Gasteiger charge is 2.58. The minimum absolute atomic E-state index is 0.000531. The number of pyridine rings is 1. The molecule has 2 aliphatic rings. The van der Waals surface area contributed by atoms with Gasteiger partial charge in [0.2, 0.25) is 11.8 Å². The van der Waals surface area contributed by atoms with Gasteiger partial charge in [-0.3, -0.25) is 14.6 Å². The highest BCUT2D eigenvalue weighted by atomic mass is 35.5. The molecule has 158 valence electrons. The predicted octanol–water partition coefficient (Wildman–Crippen LogP) is 3.67. The van der Waals surface area contributed by atoms with Crippen LogP contribution in [0, 0.1) is 24.1 Å². The molecule has 4 rings (SSSR count). The molecule has 0 radical (unpaired) electrons. The molecule has 1 atom stereocenters. The molecule has 1 aromatic heterocycles. The number of hydrogen-bond donors (Lipinski definition) is 1. The van der Waals surface area contributed by atoms with Crippen LogP contribution in [0.15, 0.2) is 36.4 Å². The lowest BCUT2D eigenvalue weighted by Crippen LogP contribution is -2.41. The SMILES string of the molecule is Cc1cccc(CNC(=O)C2CC23CCN(C(=O)Cc2c(F)cccc2Cl)CC3)n1. The topological polar surface area (TPSA) is 62.3 Å². The number of aryl methyl sites for hydroxylation is 1. The van der Waals surface area contributed by atoms with Crippen molar-refractivity contribution in [2.45, 2.75) is 39.2 Å². The lowest BCUT2D eigenvalue weighted by Gasteiger charge is -2.33. The Labute approximate surface area is 180 Å². The number of nitrogens with one attached hydrogen (secondary N) is 1. The van der Waals surface area contributed by atoms with Crippen molar-refractivity contribution in [1.29, 1.82) is 0 Å². The summed E-state index contributed by atoms with van der Waals surface area (Å²) in [5, 5.41) is 3.28. The molecular formula is C23H25ClFN3O2. The fourth-order valence-corrected chi connectivity index (χ4v) is 4.67. The third-order valence-corrected chi connectivity index (χ3v) is 6.75. The quantitative estimate of drug-likeness (QED) is 0.788. The van der Waals surface area contributed by atoms with E-state index in [1.54, 1.807) is 11.0 Å². The predicted molar refractivity (Wildman–Crippen MR) is 112 cm³/mol. The van der Waals surface area contributed by atoms with Gasteiger partial charge < -0.3 is 10.2 Å². The molecule has 30 heavy (non-hydrogen) atoms. The third-order valence-electron chi connectivity index (χ3n) is 6.40. The molecule has 7 heteroatoms. The molecular weight excluding hydrogens is 405 g/mol. The van der Waals surface area contributed by atoms with Crippen LogP contribution < -0.4 is 5.32 Å². The van der Waals surface area contributed by atoms with Gasteiger partial charge in [-0.1, -0.05) is 23.7 Å². The first kappa shape index (κ1) is 20.8. The van der Waals surface area contributed by atoms with Crippen LogP contribution in [0.5, 0.6) is 0 Å².